The van der Waals surface area contributed by atoms with E-state index in [1.165, 1.54) is 13.2 Å². The van der Waals surface area contributed by atoms with Gasteiger partial charge in [-0.05, 0) is 30.2 Å². The predicted octanol–water partition coefficient (Wildman–Crippen LogP) is 2.92. The Kier molecular flexibility index (Phi) is 4.38. The van der Waals surface area contributed by atoms with E-state index in [0.29, 0.717) is 10.8 Å². The molecule has 4 heteroatoms. The molecule has 0 N–H and O–H groups in total. The summed E-state index contributed by atoms with van der Waals surface area (Å²) in [6.07, 6.45) is 1.41. The lowest BCUT2D eigenvalue weighted by molar-refractivity contribution is -0.134. The minimum Gasteiger partial charge on any atom is -0.495 e. The Balaban J connectivity index is 3.01. The van der Waals surface area contributed by atoms with Crippen LogP contribution in [0.15, 0.2) is 24.3 Å². The molecule has 0 saturated heterocycles. The smallest absolute Gasteiger partial charge is 0.330 e. The number of methoxy groups -OCH3 is 2. The summed E-state index contributed by atoms with van der Waals surface area (Å²) < 4.78 is 9.58. The minimum atomic E-state index is -0.385. The third kappa shape index (κ3) is 3.00. The van der Waals surface area contributed by atoms with Crippen molar-refractivity contribution in [2.24, 2.45) is 0 Å². The van der Waals surface area contributed by atoms with Crippen molar-refractivity contribution >= 4 is 23.1 Å². The largest absolute Gasteiger partial charge is 0.495 e. The fourth-order valence-corrected chi connectivity index (χ4v) is 1.49. The Hall–Kier alpha value is -1.48. The molecule has 1 aromatic rings. The van der Waals surface area contributed by atoms with Gasteiger partial charge < -0.3 is 9.47 Å². The summed E-state index contributed by atoms with van der Waals surface area (Å²) in [5.74, 6) is 0.223. The van der Waals surface area contributed by atoms with Gasteiger partial charge in [0.15, 0.2) is 0 Å². The van der Waals surface area contributed by atoms with Crippen LogP contribution in [0.25, 0.3) is 5.57 Å². The second-order valence-electron chi connectivity index (χ2n) is 3.20. The normalized spacial score (nSPS) is 11.1. The average Bonchev–Trinajstić information content (AvgIpc) is 2.28. The number of benzene rings is 1. The van der Waals surface area contributed by atoms with E-state index >= 15 is 0 Å². The molecule has 0 heterocycles. The summed E-state index contributed by atoms with van der Waals surface area (Å²) in [6.45, 7) is 1.81. The number of hydrogen-bond donors (Lipinski definition) is 0. The number of ether oxygens (including phenoxy) is 2. The van der Waals surface area contributed by atoms with Crippen LogP contribution in [0.3, 0.4) is 0 Å². The summed E-state index contributed by atoms with van der Waals surface area (Å²) in [6, 6.07) is 5.33. The summed E-state index contributed by atoms with van der Waals surface area (Å²) in [4.78, 5) is 11.0. The van der Waals surface area contributed by atoms with Gasteiger partial charge in [-0.1, -0.05) is 17.7 Å². The van der Waals surface area contributed by atoms with Crippen LogP contribution >= 0.6 is 11.6 Å². The fourth-order valence-electron chi connectivity index (χ4n) is 1.23. The molecule has 1 aromatic carbocycles. The molecule has 0 atom stereocenters. The molecular weight excluding hydrogens is 228 g/mol. The number of rotatable bonds is 3. The molecule has 3 nitrogen and oxygen atoms in total. The molecule has 16 heavy (non-hydrogen) atoms. The Bertz CT molecular complexity index is 424. The molecular formula is C12H13ClO3. The number of carbonyl (C=O) groups excluding carboxylic acids is 1. The average molecular weight is 241 g/mol. The summed E-state index contributed by atoms with van der Waals surface area (Å²) in [5, 5.41) is 0.512. The van der Waals surface area contributed by atoms with E-state index in [2.05, 4.69) is 4.74 Å². The van der Waals surface area contributed by atoms with Gasteiger partial charge in [-0.3, -0.25) is 0 Å². The standard InChI is InChI=1S/C12H13ClO3/c1-8(6-12(14)16-3)9-4-5-11(15-2)10(13)7-9/h4-7H,1-3H3/b8-6+. The highest BCUT2D eigenvalue weighted by Crippen LogP contribution is 2.27. The monoisotopic (exact) mass is 240 g/mol. The molecule has 0 aliphatic carbocycles. The maximum atomic E-state index is 11.0. The van der Waals surface area contributed by atoms with Crippen molar-refractivity contribution in [2.45, 2.75) is 6.92 Å². The van der Waals surface area contributed by atoms with Crippen LogP contribution in [0.4, 0.5) is 0 Å². The Morgan fingerprint density at radius 3 is 2.56 bits per heavy atom. The van der Waals surface area contributed by atoms with Gasteiger partial charge in [0.2, 0.25) is 0 Å². The number of carbonyl (C=O) groups is 1. The van der Waals surface area contributed by atoms with Gasteiger partial charge in [0.05, 0.1) is 19.2 Å². The van der Waals surface area contributed by atoms with Gasteiger partial charge in [-0.15, -0.1) is 0 Å². The zero-order valence-electron chi connectivity index (χ0n) is 9.41. The second kappa shape index (κ2) is 5.56. The van der Waals surface area contributed by atoms with Gasteiger partial charge in [-0.2, -0.15) is 0 Å². The van der Waals surface area contributed by atoms with Crippen molar-refractivity contribution in [3.8, 4) is 5.75 Å². The van der Waals surface area contributed by atoms with E-state index in [0.717, 1.165) is 11.1 Å². The molecule has 0 amide bonds. The number of halogens is 1. The van der Waals surface area contributed by atoms with Crippen LogP contribution in [-0.4, -0.2) is 20.2 Å². The first-order chi connectivity index (χ1) is 7.58. The third-order valence-corrected chi connectivity index (χ3v) is 2.44. The molecule has 0 saturated carbocycles. The molecule has 0 bridgehead atoms. The van der Waals surface area contributed by atoms with Crippen LogP contribution in [-0.2, 0) is 9.53 Å². The Labute approximate surface area is 99.6 Å². The third-order valence-electron chi connectivity index (χ3n) is 2.14. The first-order valence-electron chi connectivity index (χ1n) is 4.68. The Morgan fingerprint density at radius 1 is 1.38 bits per heavy atom. The van der Waals surface area contributed by atoms with Gasteiger partial charge in [0.1, 0.15) is 5.75 Å². The number of allylic oxidation sites excluding steroid dienone is 1. The minimum absolute atomic E-state index is 0.385. The maximum Gasteiger partial charge on any atom is 0.330 e. The molecule has 0 unspecified atom stereocenters. The highest BCUT2D eigenvalue weighted by atomic mass is 35.5. The van der Waals surface area contributed by atoms with Gasteiger partial charge in [0, 0.05) is 6.08 Å². The molecule has 0 radical (unpaired) electrons. The highest BCUT2D eigenvalue weighted by Gasteiger charge is 2.04. The van der Waals surface area contributed by atoms with Crippen molar-refractivity contribution in [3.63, 3.8) is 0 Å². The topological polar surface area (TPSA) is 35.5 Å². The molecule has 0 spiro atoms. The molecule has 0 aliphatic rings. The van der Waals surface area contributed by atoms with Crippen molar-refractivity contribution < 1.29 is 14.3 Å². The summed E-state index contributed by atoms with van der Waals surface area (Å²) in [7, 11) is 2.89. The van der Waals surface area contributed by atoms with Gasteiger partial charge >= 0.3 is 5.97 Å². The summed E-state index contributed by atoms with van der Waals surface area (Å²) >= 11 is 5.98. The lowest BCUT2D eigenvalue weighted by Crippen LogP contribution is -1.96. The van der Waals surface area contributed by atoms with E-state index < -0.39 is 0 Å². The van der Waals surface area contributed by atoms with Crippen molar-refractivity contribution in [3.05, 3.63) is 34.9 Å². The predicted molar refractivity (Wildman–Crippen MR) is 63.7 cm³/mol. The zero-order valence-corrected chi connectivity index (χ0v) is 10.2. The van der Waals surface area contributed by atoms with Gasteiger partial charge in [-0.25, -0.2) is 4.79 Å². The Morgan fingerprint density at radius 2 is 2.06 bits per heavy atom. The van der Waals surface area contributed by atoms with Crippen LogP contribution < -0.4 is 4.74 Å². The van der Waals surface area contributed by atoms with Crippen molar-refractivity contribution in [1.29, 1.82) is 0 Å². The molecule has 0 fully saturated rings. The van der Waals surface area contributed by atoms with Crippen LogP contribution in [0, 0.1) is 0 Å². The first-order valence-corrected chi connectivity index (χ1v) is 5.06. The van der Waals surface area contributed by atoms with Crippen LogP contribution in [0.1, 0.15) is 12.5 Å². The number of esters is 1. The van der Waals surface area contributed by atoms with E-state index in [1.807, 2.05) is 13.0 Å². The molecule has 0 aromatic heterocycles. The lowest BCUT2D eigenvalue weighted by atomic mass is 10.1. The molecule has 1 rings (SSSR count). The quantitative estimate of drug-likeness (QED) is 0.602. The lowest BCUT2D eigenvalue weighted by Gasteiger charge is -2.06. The number of hydrogen-bond acceptors (Lipinski definition) is 3. The van der Waals surface area contributed by atoms with Crippen molar-refractivity contribution in [1.82, 2.24) is 0 Å². The van der Waals surface area contributed by atoms with E-state index in [4.69, 9.17) is 16.3 Å². The molecule has 0 aliphatic heterocycles. The fraction of sp³-hybridized carbons (Fsp3) is 0.250. The maximum absolute atomic E-state index is 11.0. The SMILES string of the molecule is COC(=O)/C=C(\C)c1ccc(OC)c(Cl)c1. The van der Waals surface area contributed by atoms with Crippen molar-refractivity contribution in [2.75, 3.05) is 14.2 Å². The summed E-state index contributed by atoms with van der Waals surface area (Å²) in [5.41, 5.74) is 1.65. The van der Waals surface area contributed by atoms with E-state index in [-0.39, 0.29) is 5.97 Å². The second-order valence-corrected chi connectivity index (χ2v) is 3.61. The van der Waals surface area contributed by atoms with E-state index in [1.54, 1.807) is 19.2 Å². The first kappa shape index (κ1) is 12.6. The van der Waals surface area contributed by atoms with Crippen LogP contribution in [0.2, 0.25) is 5.02 Å². The van der Waals surface area contributed by atoms with E-state index in [9.17, 15) is 4.79 Å². The molecule has 86 valence electrons. The van der Waals surface area contributed by atoms with Gasteiger partial charge in [0.25, 0.3) is 0 Å². The zero-order chi connectivity index (χ0) is 12.1. The van der Waals surface area contributed by atoms with Crippen LogP contribution in [0.5, 0.6) is 5.75 Å². The highest BCUT2D eigenvalue weighted by molar-refractivity contribution is 6.32.